The first-order chi connectivity index (χ1) is 13.6. The van der Waals surface area contributed by atoms with E-state index in [1.807, 2.05) is 37.3 Å². The molecule has 0 saturated carbocycles. The lowest BCUT2D eigenvalue weighted by molar-refractivity contribution is -0.117. The first-order valence-corrected chi connectivity index (χ1v) is 9.43. The Bertz CT molecular complexity index is 834. The van der Waals surface area contributed by atoms with Crippen molar-refractivity contribution in [2.75, 3.05) is 13.7 Å². The van der Waals surface area contributed by atoms with E-state index in [1.165, 1.54) is 11.8 Å². The van der Waals surface area contributed by atoms with Crippen molar-refractivity contribution in [1.82, 2.24) is 10.6 Å². The van der Waals surface area contributed by atoms with Crippen molar-refractivity contribution in [3.8, 4) is 11.8 Å². The predicted molar refractivity (Wildman–Crippen MR) is 111 cm³/mol. The normalized spacial score (nSPS) is 12.0. The lowest BCUT2D eigenvalue weighted by atomic mass is 10.1. The van der Waals surface area contributed by atoms with E-state index in [0.717, 1.165) is 23.3 Å². The number of hydrogen-bond donors (Lipinski definition) is 2. The van der Waals surface area contributed by atoms with Gasteiger partial charge in [-0.25, -0.2) is 0 Å². The van der Waals surface area contributed by atoms with Gasteiger partial charge in [-0.05, 0) is 48.6 Å². The van der Waals surface area contributed by atoms with Gasteiger partial charge >= 0.3 is 0 Å². The molecule has 1 unspecified atom stereocenters. The molecule has 0 fully saturated rings. The van der Waals surface area contributed by atoms with Crippen LogP contribution in [-0.2, 0) is 17.6 Å². The SMILES string of the molecule is CCc1ccc(C(C)N/C=C(/C#N)C(=O)NCCc2ccc(OC)cc2)cc1. The highest BCUT2D eigenvalue weighted by Crippen LogP contribution is 2.14. The van der Waals surface area contributed by atoms with Crippen LogP contribution in [0.5, 0.6) is 5.75 Å². The second-order valence-electron chi connectivity index (χ2n) is 6.51. The van der Waals surface area contributed by atoms with Crippen molar-refractivity contribution in [3.63, 3.8) is 0 Å². The number of hydrogen-bond acceptors (Lipinski definition) is 4. The summed E-state index contributed by atoms with van der Waals surface area (Å²) in [6.07, 6.45) is 3.17. The topological polar surface area (TPSA) is 74.2 Å². The fraction of sp³-hybridized carbons (Fsp3) is 0.304. The molecule has 146 valence electrons. The van der Waals surface area contributed by atoms with Crippen LogP contribution in [0.2, 0.25) is 0 Å². The molecule has 0 aliphatic carbocycles. The molecule has 0 bridgehead atoms. The Morgan fingerprint density at radius 2 is 1.79 bits per heavy atom. The van der Waals surface area contributed by atoms with Crippen LogP contribution in [0.25, 0.3) is 0 Å². The Morgan fingerprint density at radius 1 is 1.14 bits per heavy atom. The molecule has 5 heteroatoms. The van der Waals surface area contributed by atoms with E-state index in [9.17, 15) is 10.1 Å². The van der Waals surface area contributed by atoms with E-state index in [0.29, 0.717) is 13.0 Å². The predicted octanol–water partition coefficient (Wildman–Crippen LogP) is 3.67. The third kappa shape index (κ3) is 6.17. The van der Waals surface area contributed by atoms with Crippen molar-refractivity contribution < 1.29 is 9.53 Å². The summed E-state index contributed by atoms with van der Waals surface area (Å²) in [7, 11) is 1.63. The van der Waals surface area contributed by atoms with E-state index < -0.39 is 0 Å². The third-order valence-electron chi connectivity index (χ3n) is 4.59. The van der Waals surface area contributed by atoms with Gasteiger partial charge in [-0.15, -0.1) is 0 Å². The Morgan fingerprint density at radius 3 is 2.36 bits per heavy atom. The minimum atomic E-state index is -0.378. The fourth-order valence-corrected chi connectivity index (χ4v) is 2.70. The average Bonchev–Trinajstić information content (AvgIpc) is 2.74. The molecular formula is C23H27N3O2. The van der Waals surface area contributed by atoms with Gasteiger partial charge in [0.15, 0.2) is 0 Å². The highest BCUT2D eigenvalue weighted by Gasteiger charge is 2.10. The van der Waals surface area contributed by atoms with Crippen molar-refractivity contribution in [1.29, 1.82) is 5.26 Å². The number of nitrogens with zero attached hydrogens (tertiary/aromatic N) is 1. The molecule has 0 aromatic heterocycles. The van der Waals surface area contributed by atoms with Gasteiger partial charge in [0.1, 0.15) is 17.4 Å². The number of amides is 1. The highest BCUT2D eigenvalue weighted by atomic mass is 16.5. The number of carbonyl (C=O) groups is 1. The Labute approximate surface area is 167 Å². The summed E-state index contributed by atoms with van der Waals surface area (Å²) in [5.41, 5.74) is 3.53. The zero-order chi connectivity index (χ0) is 20.4. The lowest BCUT2D eigenvalue weighted by Crippen LogP contribution is -2.28. The third-order valence-corrected chi connectivity index (χ3v) is 4.59. The molecule has 0 aliphatic rings. The van der Waals surface area contributed by atoms with Crippen molar-refractivity contribution in [2.24, 2.45) is 0 Å². The van der Waals surface area contributed by atoms with Crippen LogP contribution in [0.4, 0.5) is 0 Å². The van der Waals surface area contributed by atoms with Gasteiger partial charge in [-0.1, -0.05) is 43.3 Å². The van der Waals surface area contributed by atoms with E-state index in [2.05, 4.69) is 41.8 Å². The maximum Gasteiger partial charge on any atom is 0.263 e. The van der Waals surface area contributed by atoms with Crippen molar-refractivity contribution in [2.45, 2.75) is 32.7 Å². The van der Waals surface area contributed by atoms with Crippen LogP contribution in [-0.4, -0.2) is 19.6 Å². The van der Waals surface area contributed by atoms with Crippen LogP contribution >= 0.6 is 0 Å². The van der Waals surface area contributed by atoms with Crippen LogP contribution in [0.3, 0.4) is 0 Å². The molecular weight excluding hydrogens is 350 g/mol. The molecule has 1 atom stereocenters. The Balaban J connectivity index is 1.86. The molecule has 5 nitrogen and oxygen atoms in total. The van der Waals surface area contributed by atoms with Crippen LogP contribution in [0.1, 0.15) is 36.6 Å². The monoisotopic (exact) mass is 377 g/mol. The Hall–Kier alpha value is -3.26. The van der Waals surface area contributed by atoms with Gasteiger partial charge in [0.05, 0.1) is 7.11 Å². The maximum atomic E-state index is 12.2. The largest absolute Gasteiger partial charge is 0.497 e. The van der Waals surface area contributed by atoms with Crippen LogP contribution < -0.4 is 15.4 Å². The van der Waals surface area contributed by atoms with Gasteiger partial charge in [-0.3, -0.25) is 4.79 Å². The first-order valence-electron chi connectivity index (χ1n) is 9.43. The minimum absolute atomic E-state index is 0.00125. The van der Waals surface area contributed by atoms with Gasteiger partial charge in [-0.2, -0.15) is 5.26 Å². The molecule has 2 N–H and O–H groups in total. The van der Waals surface area contributed by atoms with E-state index in [1.54, 1.807) is 7.11 Å². The highest BCUT2D eigenvalue weighted by molar-refractivity contribution is 5.97. The zero-order valence-corrected chi connectivity index (χ0v) is 16.7. The van der Waals surface area contributed by atoms with Gasteiger partial charge in [0.25, 0.3) is 5.91 Å². The summed E-state index contributed by atoms with van der Waals surface area (Å²) < 4.78 is 5.13. The minimum Gasteiger partial charge on any atom is -0.497 e. The second-order valence-corrected chi connectivity index (χ2v) is 6.51. The number of ether oxygens (including phenoxy) is 1. The quantitative estimate of drug-likeness (QED) is 0.516. The molecule has 0 aliphatic heterocycles. The Kier molecular flexibility index (Phi) is 8.11. The molecule has 0 saturated heterocycles. The summed E-state index contributed by atoms with van der Waals surface area (Å²) in [5.74, 6) is 0.420. The average molecular weight is 377 g/mol. The summed E-state index contributed by atoms with van der Waals surface area (Å²) in [5, 5.41) is 15.2. The zero-order valence-electron chi connectivity index (χ0n) is 16.7. The number of aryl methyl sites for hydroxylation is 1. The molecule has 2 aromatic carbocycles. The first kappa shape index (κ1) is 21.0. The van der Waals surface area contributed by atoms with Crippen molar-refractivity contribution >= 4 is 5.91 Å². The maximum absolute atomic E-state index is 12.2. The smallest absolute Gasteiger partial charge is 0.263 e. The molecule has 28 heavy (non-hydrogen) atoms. The number of rotatable bonds is 9. The summed E-state index contributed by atoms with van der Waals surface area (Å²) in [4.78, 5) is 12.2. The summed E-state index contributed by atoms with van der Waals surface area (Å²) in [6.45, 7) is 4.57. The number of carbonyl (C=O) groups excluding carboxylic acids is 1. The number of nitrogens with one attached hydrogen (secondary N) is 2. The van der Waals surface area contributed by atoms with E-state index >= 15 is 0 Å². The standard InChI is InChI=1S/C23H27N3O2/c1-4-18-5-9-20(10-6-18)17(2)26-16-21(15-24)23(27)25-14-13-19-7-11-22(28-3)12-8-19/h5-12,16-17,26H,4,13-14H2,1-3H3,(H,25,27)/b21-16-. The molecule has 0 heterocycles. The molecule has 2 aromatic rings. The van der Waals surface area contributed by atoms with Crippen molar-refractivity contribution in [3.05, 3.63) is 77.0 Å². The lowest BCUT2D eigenvalue weighted by Gasteiger charge is -2.13. The number of benzene rings is 2. The van der Waals surface area contributed by atoms with Gasteiger partial charge in [0.2, 0.25) is 0 Å². The molecule has 2 rings (SSSR count). The van der Waals surface area contributed by atoms with Crippen LogP contribution in [0.15, 0.2) is 60.3 Å². The van der Waals surface area contributed by atoms with E-state index in [4.69, 9.17) is 4.74 Å². The van der Waals surface area contributed by atoms with E-state index in [-0.39, 0.29) is 17.5 Å². The fourth-order valence-electron chi connectivity index (χ4n) is 2.70. The van der Waals surface area contributed by atoms with Gasteiger partial charge < -0.3 is 15.4 Å². The molecule has 1 amide bonds. The second kappa shape index (κ2) is 10.8. The summed E-state index contributed by atoms with van der Waals surface area (Å²) >= 11 is 0. The summed E-state index contributed by atoms with van der Waals surface area (Å²) in [6, 6.07) is 18.0. The van der Waals surface area contributed by atoms with Gasteiger partial charge in [0, 0.05) is 18.8 Å². The molecule has 0 spiro atoms. The number of nitriles is 1. The molecule has 0 radical (unpaired) electrons. The number of methoxy groups -OCH3 is 1. The van der Waals surface area contributed by atoms with Crippen LogP contribution in [0, 0.1) is 11.3 Å².